The molecule has 3 heterocycles. The molecule has 4 rings (SSSR count). The first-order valence-corrected chi connectivity index (χ1v) is 9.33. The van der Waals surface area contributed by atoms with Gasteiger partial charge in [-0.1, -0.05) is 12.1 Å². The number of anilines is 1. The molecule has 0 unspecified atom stereocenters. The van der Waals surface area contributed by atoms with Crippen LogP contribution in [0.5, 0.6) is 0 Å². The molecule has 1 amide bonds. The standard InChI is InChI=1S/C20H19F4N5O/c1-11-5-3-8-16(25-11)29-15-9-10-28(12(2)18(15)26-27-29)19(30)13-6-4-7-14(17(13)21)20(22,23)24/h3-8,12,26-27H,9-10H2,1-2H3/t12-/m0/s1. The maximum absolute atomic E-state index is 14.5. The maximum atomic E-state index is 14.5. The third-order valence-corrected chi connectivity index (χ3v) is 5.26. The van der Waals surface area contributed by atoms with Gasteiger partial charge in [-0.15, -0.1) is 5.53 Å². The van der Waals surface area contributed by atoms with Crippen molar-refractivity contribution < 1.29 is 22.4 Å². The number of hydrazine groups is 2. The first-order valence-electron chi connectivity index (χ1n) is 9.33. The molecule has 2 aliphatic heterocycles. The van der Waals surface area contributed by atoms with E-state index in [9.17, 15) is 22.4 Å². The van der Waals surface area contributed by atoms with Crippen molar-refractivity contribution in [2.75, 3.05) is 11.6 Å². The number of nitrogens with one attached hydrogen (secondary N) is 2. The maximum Gasteiger partial charge on any atom is 0.419 e. The number of carbonyl (C=O) groups is 1. The molecule has 1 atom stereocenters. The highest BCUT2D eigenvalue weighted by atomic mass is 19.4. The Hall–Kier alpha value is -3.14. The Kier molecular flexibility index (Phi) is 4.89. The van der Waals surface area contributed by atoms with Crippen LogP contribution >= 0.6 is 0 Å². The van der Waals surface area contributed by atoms with Crippen LogP contribution in [0.4, 0.5) is 23.4 Å². The van der Waals surface area contributed by atoms with Gasteiger partial charge in [-0.2, -0.15) is 13.2 Å². The number of hydrogen-bond acceptors (Lipinski definition) is 5. The normalized spacial score (nSPS) is 19.1. The van der Waals surface area contributed by atoms with Crippen molar-refractivity contribution in [1.82, 2.24) is 20.8 Å². The van der Waals surface area contributed by atoms with E-state index < -0.39 is 35.1 Å². The first-order chi connectivity index (χ1) is 14.2. The summed E-state index contributed by atoms with van der Waals surface area (Å²) in [6.07, 6.45) is -4.45. The van der Waals surface area contributed by atoms with Crippen molar-refractivity contribution in [1.29, 1.82) is 0 Å². The molecule has 0 saturated carbocycles. The molecule has 0 radical (unpaired) electrons. The smallest absolute Gasteiger partial charge is 0.330 e. The SMILES string of the molecule is Cc1cccc(N2NNC3=C2CCN(C(=O)c2cccc(C(F)(F)F)c2F)[C@H]3C)n1. The molecule has 0 bridgehead atoms. The molecule has 0 aliphatic carbocycles. The van der Waals surface area contributed by atoms with Gasteiger partial charge in [0.15, 0.2) is 0 Å². The van der Waals surface area contributed by atoms with E-state index in [2.05, 4.69) is 15.9 Å². The van der Waals surface area contributed by atoms with Crippen LogP contribution in [0.1, 0.15) is 35.0 Å². The third kappa shape index (κ3) is 3.36. The van der Waals surface area contributed by atoms with E-state index in [1.807, 2.05) is 25.1 Å². The molecule has 1 aromatic heterocycles. The van der Waals surface area contributed by atoms with Crippen molar-refractivity contribution in [2.45, 2.75) is 32.5 Å². The Morgan fingerprint density at radius 2 is 1.93 bits per heavy atom. The van der Waals surface area contributed by atoms with E-state index in [1.54, 1.807) is 11.9 Å². The average molecular weight is 421 g/mol. The summed E-state index contributed by atoms with van der Waals surface area (Å²) in [5, 5.41) is 1.77. The molecule has 2 N–H and O–H groups in total. The van der Waals surface area contributed by atoms with Gasteiger partial charge in [0, 0.05) is 18.7 Å². The molecule has 6 nitrogen and oxygen atoms in total. The largest absolute Gasteiger partial charge is 0.419 e. The summed E-state index contributed by atoms with van der Waals surface area (Å²) in [4.78, 5) is 18.7. The van der Waals surface area contributed by atoms with Gasteiger partial charge in [-0.25, -0.2) is 14.4 Å². The van der Waals surface area contributed by atoms with Gasteiger partial charge in [0.1, 0.15) is 11.6 Å². The van der Waals surface area contributed by atoms with Gasteiger partial charge in [0.25, 0.3) is 5.91 Å². The molecule has 2 aromatic rings. The highest BCUT2D eigenvalue weighted by molar-refractivity contribution is 5.95. The van der Waals surface area contributed by atoms with Crippen molar-refractivity contribution in [3.8, 4) is 0 Å². The minimum Gasteiger partial charge on any atom is -0.330 e. The second-order valence-corrected chi connectivity index (χ2v) is 7.16. The van der Waals surface area contributed by atoms with Gasteiger partial charge in [-0.3, -0.25) is 4.79 Å². The highest BCUT2D eigenvalue weighted by Gasteiger charge is 2.39. The van der Waals surface area contributed by atoms with Crippen molar-refractivity contribution >= 4 is 11.7 Å². The second-order valence-electron chi connectivity index (χ2n) is 7.16. The monoisotopic (exact) mass is 421 g/mol. The Morgan fingerprint density at radius 3 is 2.63 bits per heavy atom. The zero-order valence-corrected chi connectivity index (χ0v) is 16.2. The average Bonchev–Trinajstić information content (AvgIpc) is 3.12. The van der Waals surface area contributed by atoms with Crippen LogP contribution in [-0.4, -0.2) is 28.4 Å². The third-order valence-electron chi connectivity index (χ3n) is 5.26. The topological polar surface area (TPSA) is 60.5 Å². The van der Waals surface area contributed by atoms with Gasteiger partial charge in [-0.05, 0) is 38.1 Å². The lowest BCUT2D eigenvalue weighted by atomic mass is 10.0. The number of aryl methyl sites for hydroxylation is 1. The number of carbonyl (C=O) groups excluding carboxylic acids is 1. The predicted octanol–water partition coefficient (Wildman–Crippen LogP) is 3.52. The summed E-state index contributed by atoms with van der Waals surface area (Å²) in [7, 11) is 0. The Balaban J connectivity index is 1.62. The van der Waals surface area contributed by atoms with Crippen LogP contribution in [0, 0.1) is 12.7 Å². The fourth-order valence-electron chi connectivity index (χ4n) is 3.74. The number of halogens is 4. The lowest BCUT2D eigenvalue weighted by Gasteiger charge is -2.35. The minimum absolute atomic E-state index is 0.222. The zero-order chi connectivity index (χ0) is 21.6. The number of amides is 1. The molecule has 1 aromatic carbocycles. The Morgan fingerprint density at radius 1 is 1.20 bits per heavy atom. The van der Waals surface area contributed by atoms with Crippen LogP contribution < -0.4 is 16.0 Å². The molecule has 10 heteroatoms. The van der Waals surface area contributed by atoms with Gasteiger partial charge >= 0.3 is 6.18 Å². The zero-order valence-electron chi connectivity index (χ0n) is 16.2. The van der Waals surface area contributed by atoms with Crippen LogP contribution in [0.25, 0.3) is 0 Å². The number of pyridine rings is 1. The molecule has 0 fully saturated rings. The van der Waals surface area contributed by atoms with Gasteiger partial charge in [0.05, 0.1) is 28.6 Å². The summed E-state index contributed by atoms with van der Waals surface area (Å²) < 4.78 is 53.5. The van der Waals surface area contributed by atoms with E-state index in [-0.39, 0.29) is 6.54 Å². The van der Waals surface area contributed by atoms with Crippen molar-refractivity contribution in [2.24, 2.45) is 0 Å². The first kappa shape index (κ1) is 20.1. The van der Waals surface area contributed by atoms with E-state index >= 15 is 0 Å². The van der Waals surface area contributed by atoms with E-state index in [0.29, 0.717) is 24.0 Å². The van der Waals surface area contributed by atoms with Crippen LogP contribution in [-0.2, 0) is 6.18 Å². The predicted molar refractivity (Wildman–Crippen MR) is 101 cm³/mol. The molecular weight excluding hydrogens is 402 g/mol. The molecule has 0 saturated heterocycles. The fraction of sp³-hybridized carbons (Fsp3) is 0.300. The summed E-state index contributed by atoms with van der Waals surface area (Å²) in [5.74, 6) is -1.67. The van der Waals surface area contributed by atoms with Crippen molar-refractivity contribution in [3.63, 3.8) is 0 Å². The highest BCUT2D eigenvalue weighted by Crippen LogP contribution is 2.34. The fourth-order valence-corrected chi connectivity index (χ4v) is 3.74. The number of nitrogens with zero attached hydrogens (tertiary/aromatic N) is 3. The molecule has 0 spiro atoms. The van der Waals surface area contributed by atoms with Gasteiger partial charge < -0.3 is 10.3 Å². The lowest BCUT2D eigenvalue weighted by molar-refractivity contribution is -0.140. The number of alkyl halides is 3. The summed E-state index contributed by atoms with van der Waals surface area (Å²) in [6.45, 7) is 3.83. The molecule has 30 heavy (non-hydrogen) atoms. The van der Waals surface area contributed by atoms with Crippen LogP contribution in [0.2, 0.25) is 0 Å². The molecule has 158 valence electrons. The number of rotatable bonds is 2. The van der Waals surface area contributed by atoms with Crippen molar-refractivity contribution in [3.05, 3.63) is 70.4 Å². The number of benzene rings is 1. The molecule has 2 aliphatic rings. The summed E-state index contributed by atoms with van der Waals surface area (Å²) in [5.41, 5.74) is 6.36. The van der Waals surface area contributed by atoms with E-state index in [0.717, 1.165) is 23.5 Å². The van der Waals surface area contributed by atoms with E-state index in [1.165, 1.54) is 4.90 Å². The lowest BCUT2D eigenvalue weighted by Crippen LogP contribution is -2.46. The minimum atomic E-state index is -4.87. The number of aromatic nitrogens is 1. The van der Waals surface area contributed by atoms with Crippen LogP contribution in [0.3, 0.4) is 0 Å². The molecular formula is C20H19F4N5O. The van der Waals surface area contributed by atoms with E-state index in [4.69, 9.17) is 0 Å². The Bertz CT molecular complexity index is 1040. The second kappa shape index (κ2) is 7.28. The summed E-state index contributed by atoms with van der Waals surface area (Å²) >= 11 is 0. The van der Waals surface area contributed by atoms with Crippen LogP contribution in [0.15, 0.2) is 47.8 Å². The number of hydrogen-bond donors (Lipinski definition) is 2. The quantitative estimate of drug-likeness (QED) is 0.727. The summed E-state index contributed by atoms with van der Waals surface area (Å²) in [6, 6.07) is 7.81. The Labute approximate surface area is 170 Å². The van der Waals surface area contributed by atoms with Gasteiger partial charge in [0.2, 0.25) is 0 Å².